The first-order valence-corrected chi connectivity index (χ1v) is 7.87. The number of nitrogens with zero attached hydrogens (tertiary/aromatic N) is 2. The molecule has 2 aromatic carbocycles. The summed E-state index contributed by atoms with van der Waals surface area (Å²) in [5, 5.41) is 0. The number of benzene rings is 2. The highest BCUT2D eigenvalue weighted by Gasteiger charge is 2.19. The van der Waals surface area contributed by atoms with E-state index >= 15 is 0 Å². The van der Waals surface area contributed by atoms with Crippen LogP contribution in [0.25, 0.3) is 11.3 Å². The zero-order valence-corrected chi connectivity index (χ0v) is 13.4. The van der Waals surface area contributed by atoms with Gasteiger partial charge in [0.15, 0.2) is 5.82 Å². The molecule has 1 aromatic heterocycles. The van der Waals surface area contributed by atoms with Gasteiger partial charge in [0, 0.05) is 12.1 Å². The second-order valence-corrected chi connectivity index (χ2v) is 6.03. The van der Waals surface area contributed by atoms with Crippen LogP contribution in [0, 0.1) is 5.92 Å². The molecule has 0 aliphatic rings. The van der Waals surface area contributed by atoms with Crippen molar-refractivity contribution in [3.05, 3.63) is 78.2 Å². The van der Waals surface area contributed by atoms with Crippen molar-refractivity contribution in [3.63, 3.8) is 0 Å². The largest absolute Gasteiger partial charge is 0.321 e. The standard InChI is InChI=1S/C20H20N2O/c1-15(2)14-22-18(16-9-5-3-6-10-16)13-21-20(22)19(23)17-11-7-4-8-12-17/h3-13,15H,14H2,1-2H3. The van der Waals surface area contributed by atoms with Crippen LogP contribution in [0.1, 0.15) is 30.0 Å². The second-order valence-electron chi connectivity index (χ2n) is 6.03. The summed E-state index contributed by atoms with van der Waals surface area (Å²) < 4.78 is 2.04. The van der Waals surface area contributed by atoms with Crippen molar-refractivity contribution in [1.82, 2.24) is 9.55 Å². The Hall–Kier alpha value is -2.68. The van der Waals surface area contributed by atoms with E-state index in [1.807, 2.05) is 65.2 Å². The Morgan fingerprint density at radius 2 is 1.61 bits per heavy atom. The van der Waals surface area contributed by atoms with Gasteiger partial charge in [0.05, 0.1) is 11.9 Å². The zero-order valence-electron chi connectivity index (χ0n) is 13.4. The monoisotopic (exact) mass is 304 g/mol. The van der Waals surface area contributed by atoms with Gasteiger partial charge in [-0.3, -0.25) is 4.79 Å². The number of carbonyl (C=O) groups excluding carboxylic acids is 1. The lowest BCUT2D eigenvalue weighted by molar-refractivity contribution is 0.102. The fourth-order valence-electron chi connectivity index (χ4n) is 2.66. The van der Waals surface area contributed by atoms with E-state index in [1.54, 1.807) is 6.20 Å². The Kier molecular flexibility index (Phi) is 4.38. The number of ketones is 1. The maximum absolute atomic E-state index is 12.8. The van der Waals surface area contributed by atoms with Crippen LogP contribution in [-0.2, 0) is 6.54 Å². The Balaban J connectivity index is 2.07. The van der Waals surface area contributed by atoms with Crippen molar-refractivity contribution in [2.45, 2.75) is 20.4 Å². The van der Waals surface area contributed by atoms with Crippen LogP contribution in [0.2, 0.25) is 0 Å². The fraction of sp³-hybridized carbons (Fsp3) is 0.200. The molecular weight excluding hydrogens is 284 g/mol. The molecule has 0 saturated heterocycles. The van der Waals surface area contributed by atoms with Gasteiger partial charge in [0.2, 0.25) is 5.78 Å². The van der Waals surface area contributed by atoms with Crippen LogP contribution in [0.5, 0.6) is 0 Å². The molecular formula is C20H20N2O. The van der Waals surface area contributed by atoms with Crippen molar-refractivity contribution in [2.24, 2.45) is 5.92 Å². The SMILES string of the molecule is CC(C)Cn1c(-c2ccccc2)cnc1C(=O)c1ccccc1. The lowest BCUT2D eigenvalue weighted by Gasteiger charge is -2.14. The molecule has 3 rings (SSSR count). The van der Waals surface area contributed by atoms with Gasteiger partial charge >= 0.3 is 0 Å². The van der Waals surface area contributed by atoms with Gasteiger partial charge in [-0.05, 0) is 11.5 Å². The Labute approximate surface area is 136 Å². The summed E-state index contributed by atoms with van der Waals surface area (Å²) in [6.45, 7) is 5.05. The summed E-state index contributed by atoms with van der Waals surface area (Å²) in [6.07, 6.45) is 1.80. The molecule has 0 aliphatic carbocycles. The van der Waals surface area contributed by atoms with Gasteiger partial charge in [-0.25, -0.2) is 4.98 Å². The topological polar surface area (TPSA) is 34.9 Å². The number of hydrogen-bond donors (Lipinski definition) is 0. The predicted molar refractivity (Wildman–Crippen MR) is 92.4 cm³/mol. The summed E-state index contributed by atoms with van der Waals surface area (Å²) in [6, 6.07) is 19.4. The van der Waals surface area contributed by atoms with E-state index in [1.165, 1.54) is 0 Å². The third-order valence-electron chi connectivity index (χ3n) is 3.71. The van der Waals surface area contributed by atoms with E-state index in [4.69, 9.17) is 0 Å². The van der Waals surface area contributed by atoms with Crippen molar-refractivity contribution in [3.8, 4) is 11.3 Å². The van der Waals surface area contributed by atoms with Crippen LogP contribution in [0.3, 0.4) is 0 Å². The van der Waals surface area contributed by atoms with Crippen LogP contribution in [-0.4, -0.2) is 15.3 Å². The molecule has 0 atom stereocenters. The molecule has 3 nitrogen and oxygen atoms in total. The van der Waals surface area contributed by atoms with E-state index < -0.39 is 0 Å². The Morgan fingerprint density at radius 3 is 2.22 bits per heavy atom. The Morgan fingerprint density at radius 1 is 1.00 bits per heavy atom. The Bertz CT molecular complexity index is 789. The van der Waals surface area contributed by atoms with Gasteiger partial charge in [-0.1, -0.05) is 74.5 Å². The summed E-state index contributed by atoms with van der Waals surface area (Å²) in [5.74, 6) is 0.895. The summed E-state index contributed by atoms with van der Waals surface area (Å²) >= 11 is 0. The lowest BCUT2D eigenvalue weighted by Crippen LogP contribution is -2.15. The minimum atomic E-state index is -0.0339. The summed E-state index contributed by atoms with van der Waals surface area (Å²) in [4.78, 5) is 17.2. The number of carbonyl (C=O) groups is 1. The van der Waals surface area contributed by atoms with E-state index in [0.29, 0.717) is 17.3 Å². The third-order valence-corrected chi connectivity index (χ3v) is 3.71. The van der Waals surface area contributed by atoms with Crippen LogP contribution < -0.4 is 0 Å². The van der Waals surface area contributed by atoms with Crippen molar-refractivity contribution in [1.29, 1.82) is 0 Å². The van der Waals surface area contributed by atoms with E-state index in [0.717, 1.165) is 17.8 Å². The van der Waals surface area contributed by atoms with Crippen molar-refractivity contribution >= 4 is 5.78 Å². The molecule has 0 spiro atoms. The minimum absolute atomic E-state index is 0.0339. The molecule has 0 amide bonds. The van der Waals surface area contributed by atoms with E-state index in [2.05, 4.69) is 18.8 Å². The second kappa shape index (κ2) is 6.61. The summed E-state index contributed by atoms with van der Waals surface area (Å²) in [7, 11) is 0. The highest BCUT2D eigenvalue weighted by Crippen LogP contribution is 2.23. The molecule has 1 heterocycles. The van der Waals surface area contributed by atoms with E-state index in [9.17, 15) is 4.79 Å². The smallest absolute Gasteiger partial charge is 0.228 e. The number of rotatable bonds is 5. The molecule has 3 heteroatoms. The van der Waals surface area contributed by atoms with E-state index in [-0.39, 0.29) is 5.78 Å². The van der Waals surface area contributed by atoms with Crippen LogP contribution >= 0.6 is 0 Å². The molecule has 0 unspecified atom stereocenters. The molecule has 3 aromatic rings. The van der Waals surface area contributed by atoms with Crippen LogP contribution in [0.15, 0.2) is 66.9 Å². The summed E-state index contributed by atoms with van der Waals surface area (Å²) in [5.41, 5.74) is 2.73. The molecule has 0 bridgehead atoms. The van der Waals surface area contributed by atoms with Gasteiger partial charge in [0.25, 0.3) is 0 Å². The molecule has 0 radical (unpaired) electrons. The minimum Gasteiger partial charge on any atom is -0.321 e. The van der Waals surface area contributed by atoms with Gasteiger partial charge in [0.1, 0.15) is 0 Å². The quantitative estimate of drug-likeness (QED) is 0.653. The van der Waals surface area contributed by atoms with Gasteiger partial charge in [-0.2, -0.15) is 0 Å². The molecule has 0 aliphatic heterocycles. The molecule has 0 N–H and O–H groups in total. The molecule has 0 fully saturated rings. The van der Waals surface area contributed by atoms with Crippen molar-refractivity contribution < 1.29 is 4.79 Å². The first-order valence-electron chi connectivity index (χ1n) is 7.87. The highest BCUT2D eigenvalue weighted by molar-refractivity contribution is 6.07. The molecule has 116 valence electrons. The maximum Gasteiger partial charge on any atom is 0.228 e. The average Bonchev–Trinajstić information content (AvgIpc) is 2.98. The first kappa shape index (κ1) is 15.2. The highest BCUT2D eigenvalue weighted by atomic mass is 16.1. The van der Waals surface area contributed by atoms with Gasteiger partial charge in [-0.15, -0.1) is 0 Å². The molecule has 23 heavy (non-hydrogen) atoms. The number of hydrogen-bond acceptors (Lipinski definition) is 2. The number of imidazole rings is 1. The normalized spacial score (nSPS) is 10.9. The average molecular weight is 304 g/mol. The fourth-order valence-corrected chi connectivity index (χ4v) is 2.66. The van der Waals surface area contributed by atoms with Crippen molar-refractivity contribution in [2.75, 3.05) is 0 Å². The van der Waals surface area contributed by atoms with Gasteiger partial charge < -0.3 is 4.57 Å². The first-order chi connectivity index (χ1) is 11.2. The third kappa shape index (κ3) is 3.24. The van der Waals surface area contributed by atoms with Crippen LogP contribution in [0.4, 0.5) is 0 Å². The molecule has 0 saturated carbocycles. The lowest BCUT2D eigenvalue weighted by atomic mass is 10.1. The maximum atomic E-state index is 12.8. The number of aromatic nitrogens is 2. The predicted octanol–water partition coefficient (Wildman–Crippen LogP) is 4.44. The zero-order chi connectivity index (χ0) is 16.2.